The van der Waals surface area contributed by atoms with Crippen LogP contribution in [0.1, 0.15) is 76.1 Å². The minimum absolute atomic E-state index is 0.232. The van der Waals surface area contributed by atoms with E-state index in [1.807, 2.05) is 70.2 Å². The quantitative estimate of drug-likeness (QED) is 0.196. The van der Waals surface area contributed by atoms with Crippen LogP contribution in [0.5, 0.6) is 5.75 Å². The van der Waals surface area contributed by atoms with Gasteiger partial charge >= 0.3 is 5.97 Å². The van der Waals surface area contributed by atoms with Crippen LogP contribution in [0, 0.1) is 6.92 Å². The lowest BCUT2D eigenvalue weighted by atomic mass is 9.92. The van der Waals surface area contributed by atoms with E-state index in [9.17, 15) is 4.79 Å². The van der Waals surface area contributed by atoms with Gasteiger partial charge in [0.1, 0.15) is 23.9 Å². The molecule has 6 bridgehead atoms. The average Bonchev–Trinajstić information content (AvgIpc) is 3.65. The molecule has 3 aliphatic rings. The number of carbonyl (C=O) groups is 1. The Hall–Kier alpha value is -4.22. The molecule has 46 heavy (non-hydrogen) atoms. The minimum Gasteiger partial charge on any atom is -0.489 e. The van der Waals surface area contributed by atoms with Crippen LogP contribution in [0.25, 0.3) is 17.2 Å². The number of esters is 1. The molecule has 1 saturated heterocycles. The highest BCUT2D eigenvalue weighted by atomic mass is 16.6. The molecule has 0 spiro atoms. The molecular weight excluding hydrogens is 586 g/mol. The standard InChI is InChI=1S/C35H43N5O6/c1-7-42-33(41)30(46-34(3,4)5)29-23(2)37-28-21-26-31-36-22-25(45-31)20-24-12-8-9-13-27(24)43-18-10-11-19-44-35(6)14-16-39(17-15-35)32(29)40(28)38-26/h8-13,21-22,30H,7,14-20H2,1-6H3. The topological polar surface area (TPSA) is 113 Å². The Morgan fingerprint density at radius 3 is 2.65 bits per heavy atom. The van der Waals surface area contributed by atoms with Crippen LogP contribution >= 0.6 is 0 Å². The van der Waals surface area contributed by atoms with Crippen LogP contribution in [-0.4, -0.2) is 69.7 Å². The number of fused-ring (bicyclic) bond motifs is 6. The van der Waals surface area contributed by atoms with Crippen molar-refractivity contribution in [2.75, 3.05) is 37.8 Å². The number of carbonyl (C=O) groups excluding carboxylic acids is 1. The second-order valence-corrected chi connectivity index (χ2v) is 13.0. The van der Waals surface area contributed by atoms with Gasteiger partial charge in [-0.05, 0) is 66.5 Å². The predicted octanol–water partition coefficient (Wildman–Crippen LogP) is 6.03. The van der Waals surface area contributed by atoms with Crippen molar-refractivity contribution in [1.29, 1.82) is 0 Å². The van der Waals surface area contributed by atoms with Gasteiger partial charge in [0.05, 0.1) is 36.2 Å². The number of ether oxygens (including phenoxy) is 4. The maximum absolute atomic E-state index is 13.5. The third-order valence-corrected chi connectivity index (χ3v) is 8.30. The minimum atomic E-state index is -1.00. The van der Waals surface area contributed by atoms with Crippen molar-refractivity contribution in [1.82, 2.24) is 19.6 Å². The van der Waals surface area contributed by atoms with Gasteiger partial charge in [-0.25, -0.2) is 14.8 Å². The van der Waals surface area contributed by atoms with Crippen molar-refractivity contribution in [3.63, 3.8) is 0 Å². The molecule has 0 amide bonds. The number of hydrogen-bond acceptors (Lipinski definition) is 10. The summed E-state index contributed by atoms with van der Waals surface area (Å²) in [5, 5.41) is 4.98. The Kier molecular flexibility index (Phi) is 8.89. The van der Waals surface area contributed by atoms with Gasteiger partial charge in [0.25, 0.3) is 0 Å². The highest BCUT2D eigenvalue weighted by Crippen LogP contribution is 2.39. The first-order chi connectivity index (χ1) is 22.0. The van der Waals surface area contributed by atoms with Gasteiger partial charge in [-0.3, -0.25) is 0 Å². The van der Waals surface area contributed by atoms with E-state index < -0.39 is 17.7 Å². The second kappa shape index (κ2) is 12.9. The van der Waals surface area contributed by atoms with E-state index in [-0.39, 0.29) is 12.2 Å². The molecular formula is C35H43N5O6. The van der Waals surface area contributed by atoms with Crippen LogP contribution < -0.4 is 9.64 Å². The van der Waals surface area contributed by atoms with Gasteiger partial charge in [0, 0.05) is 36.8 Å². The van der Waals surface area contributed by atoms with Gasteiger partial charge in [0.15, 0.2) is 17.4 Å². The molecule has 11 nitrogen and oxygen atoms in total. The molecule has 7 rings (SSSR count). The molecule has 244 valence electrons. The summed E-state index contributed by atoms with van der Waals surface area (Å²) in [6.45, 7) is 14.1. The fourth-order valence-corrected chi connectivity index (χ4v) is 5.97. The van der Waals surface area contributed by atoms with E-state index in [1.54, 1.807) is 17.6 Å². The third-order valence-electron chi connectivity index (χ3n) is 8.30. The van der Waals surface area contributed by atoms with Crippen molar-refractivity contribution in [3.05, 3.63) is 71.3 Å². The zero-order chi connectivity index (χ0) is 32.5. The number of oxazole rings is 1. The van der Waals surface area contributed by atoms with Crippen molar-refractivity contribution in [2.24, 2.45) is 0 Å². The summed E-state index contributed by atoms with van der Waals surface area (Å²) in [7, 11) is 0. The maximum atomic E-state index is 13.5. The zero-order valence-corrected chi connectivity index (χ0v) is 27.5. The van der Waals surface area contributed by atoms with Crippen LogP contribution in [0.4, 0.5) is 5.82 Å². The van der Waals surface area contributed by atoms with E-state index in [0.29, 0.717) is 67.0 Å². The number of piperidine rings is 1. The number of benzene rings is 1. The molecule has 0 saturated carbocycles. The zero-order valence-electron chi connectivity index (χ0n) is 27.5. The summed E-state index contributed by atoms with van der Waals surface area (Å²) in [5.74, 6) is 2.13. The van der Waals surface area contributed by atoms with Crippen molar-refractivity contribution in [3.8, 4) is 17.3 Å². The van der Waals surface area contributed by atoms with E-state index in [2.05, 4.69) is 16.8 Å². The molecule has 3 aliphatic heterocycles. The molecule has 1 unspecified atom stereocenters. The fraction of sp³-hybridized carbons (Fsp3) is 0.486. The third kappa shape index (κ3) is 6.80. The Morgan fingerprint density at radius 1 is 1.13 bits per heavy atom. The normalized spacial score (nSPS) is 17.5. The monoisotopic (exact) mass is 629 g/mol. The highest BCUT2D eigenvalue weighted by molar-refractivity contribution is 5.80. The smallest absolute Gasteiger partial charge is 0.340 e. The van der Waals surface area contributed by atoms with Crippen molar-refractivity contribution >= 4 is 17.4 Å². The fourth-order valence-electron chi connectivity index (χ4n) is 5.97. The first-order valence-corrected chi connectivity index (χ1v) is 16.0. The molecule has 4 aromatic rings. The number of nitrogens with zero attached hydrogens (tertiary/aromatic N) is 5. The number of aromatic nitrogens is 4. The summed E-state index contributed by atoms with van der Waals surface area (Å²) >= 11 is 0. The molecule has 0 N–H and O–H groups in total. The van der Waals surface area contributed by atoms with E-state index in [1.165, 1.54) is 0 Å². The number of hydrogen-bond donors (Lipinski definition) is 0. The number of anilines is 1. The summed E-state index contributed by atoms with van der Waals surface area (Å²) in [6, 6.07) is 9.78. The first kappa shape index (κ1) is 31.7. The van der Waals surface area contributed by atoms with Crippen LogP contribution in [0.2, 0.25) is 0 Å². The van der Waals surface area contributed by atoms with Crippen molar-refractivity contribution < 1.29 is 28.2 Å². The summed E-state index contributed by atoms with van der Waals surface area (Å²) in [6.07, 6.45) is 6.77. The highest BCUT2D eigenvalue weighted by Gasteiger charge is 2.38. The molecule has 6 heterocycles. The van der Waals surface area contributed by atoms with E-state index in [4.69, 9.17) is 33.4 Å². The van der Waals surface area contributed by atoms with Gasteiger partial charge in [0.2, 0.25) is 5.89 Å². The van der Waals surface area contributed by atoms with Gasteiger partial charge in [-0.2, -0.15) is 9.61 Å². The summed E-state index contributed by atoms with van der Waals surface area (Å²) in [4.78, 5) is 25.3. The molecule has 0 aliphatic carbocycles. The molecule has 1 fully saturated rings. The van der Waals surface area contributed by atoms with Crippen LogP contribution in [0.3, 0.4) is 0 Å². The number of para-hydroxylation sites is 1. The summed E-state index contributed by atoms with van der Waals surface area (Å²) < 4.78 is 32.5. The Bertz CT molecular complexity index is 1730. The van der Waals surface area contributed by atoms with E-state index >= 15 is 0 Å². The molecule has 3 aromatic heterocycles. The Morgan fingerprint density at radius 2 is 1.89 bits per heavy atom. The molecule has 1 aromatic carbocycles. The lowest BCUT2D eigenvalue weighted by molar-refractivity contribution is -0.166. The number of aryl methyl sites for hydroxylation is 1. The lowest BCUT2D eigenvalue weighted by Gasteiger charge is -2.41. The van der Waals surface area contributed by atoms with Crippen LogP contribution in [-0.2, 0) is 25.4 Å². The Labute approximate surface area is 269 Å². The van der Waals surface area contributed by atoms with Crippen LogP contribution in [0.15, 0.2) is 53.1 Å². The van der Waals surface area contributed by atoms with Gasteiger partial charge in [-0.15, -0.1) is 0 Å². The molecule has 1 atom stereocenters. The van der Waals surface area contributed by atoms with Gasteiger partial charge < -0.3 is 28.3 Å². The molecule has 11 heteroatoms. The SMILES string of the molecule is CCOC(=O)C(OC(C)(C)C)c1c(C)nc2cc3nn2c1N1CCC(C)(CC1)OCC=CCOc1ccccc1Cc1cnc-3o1. The van der Waals surface area contributed by atoms with E-state index in [0.717, 1.165) is 30.0 Å². The Balaban J connectivity index is 1.49. The van der Waals surface area contributed by atoms with Crippen molar-refractivity contribution in [2.45, 2.75) is 78.1 Å². The predicted molar refractivity (Wildman–Crippen MR) is 173 cm³/mol. The van der Waals surface area contributed by atoms with Gasteiger partial charge in [-0.1, -0.05) is 24.3 Å². The second-order valence-electron chi connectivity index (χ2n) is 13.0. The summed E-state index contributed by atoms with van der Waals surface area (Å²) in [5.41, 5.74) is 2.49. The lowest BCUT2D eigenvalue weighted by Crippen LogP contribution is -2.45. The number of rotatable bonds is 4. The maximum Gasteiger partial charge on any atom is 0.340 e. The first-order valence-electron chi connectivity index (χ1n) is 16.0. The largest absolute Gasteiger partial charge is 0.489 e. The average molecular weight is 630 g/mol. The molecule has 0 radical (unpaired) electrons.